The third kappa shape index (κ3) is 6.16. The van der Waals surface area contributed by atoms with Gasteiger partial charge < -0.3 is 5.32 Å². The highest BCUT2D eigenvalue weighted by molar-refractivity contribution is 7.89. The van der Waals surface area contributed by atoms with Crippen molar-refractivity contribution >= 4 is 33.2 Å². The molecule has 0 fully saturated rings. The van der Waals surface area contributed by atoms with Gasteiger partial charge in [0.2, 0.25) is 15.9 Å². The number of hydrogen-bond acceptors (Lipinski definition) is 3. The van der Waals surface area contributed by atoms with Gasteiger partial charge in [-0.05, 0) is 43.0 Å². The van der Waals surface area contributed by atoms with Crippen molar-refractivity contribution < 1.29 is 13.2 Å². The topological polar surface area (TPSA) is 75.3 Å². The molecule has 0 aliphatic carbocycles. The van der Waals surface area contributed by atoms with Gasteiger partial charge in [-0.1, -0.05) is 48.0 Å². The number of carbonyl (C=O) groups excluding carboxylic acids is 1. The number of hydrogen-bond donors (Lipinski definition) is 2. The van der Waals surface area contributed by atoms with Crippen LogP contribution in [0.3, 0.4) is 0 Å². The number of aryl methyl sites for hydroxylation is 3. The SMILES string of the molecule is Cc1cc(C)c(NC(=O)CNS(=O)(=O)CCc2ccccc2)c(Cl)c1. The molecule has 2 aromatic carbocycles. The molecule has 7 heteroatoms. The largest absolute Gasteiger partial charge is 0.323 e. The molecule has 0 aliphatic heterocycles. The fraction of sp³-hybridized carbons (Fsp3) is 0.278. The summed E-state index contributed by atoms with van der Waals surface area (Å²) in [5.74, 6) is -0.536. The Balaban J connectivity index is 1.89. The lowest BCUT2D eigenvalue weighted by Gasteiger charge is -2.12. The molecule has 0 saturated carbocycles. The molecule has 25 heavy (non-hydrogen) atoms. The van der Waals surface area contributed by atoms with Crippen molar-refractivity contribution in [1.29, 1.82) is 0 Å². The molecule has 0 heterocycles. The van der Waals surface area contributed by atoms with Gasteiger partial charge in [0, 0.05) is 0 Å². The van der Waals surface area contributed by atoms with E-state index < -0.39 is 15.9 Å². The molecule has 0 radical (unpaired) electrons. The molecule has 2 rings (SSSR count). The fourth-order valence-corrected chi connectivity index (χ4v) is 3.77. The third-order valence-corrected chi connectivity index (χ3v) is 5.27. The Morgan fingerprint density at radius 2 is 1.80 bits per heavy atom. The first-order valence-corrected chi connectivity index (χ1v) is 9.88. The first kappa shape index (κ1) is 19.4. The lowest BCUT2D eigenvalue weighted by Crippen LogP contribution is -2.35. The van der Waals surface area contributed by atoms with E-state index in [9.17, 15) is 13.2 Å². The molecule has 0 unspecified atom stereocenters. The smallest absolute Gasteiger partial charge is 0.239 e. The van der Waals surface area contributed by atoms with Crippen molar-refractivity contribution in [3.63, 3.8) is 0 Å². The van der Waals surface area contributed by atoms with Crippen LogP contribution in [0.1, 0.15) is 16.7 Å². The number of amides is 1. The van der Waals surface area contributed by atoms with Gasteiger partial charge in [0.25, 0.3) is 0 Å². The summed E-state index contributed by atoms with van der Waals surface area (Å²) in [7, 11) is -3.54. The highest BCUT2D eigenvalue weighted by atomic mass is 35.5. The molecule has 0 bridgehead atoms. The van der Waals surface area contributed by atoms with Gasteiger partial charge >= 0.3 is 0 Å². The van der Waals surface area contributed by atoms with Gasteiger partial charge in [-0.15, -0.1) is 0 Å². The molecule has 0 atom stereocenters. The molecular formula is C18H21ClN2O3S. The Labute approximate surface area is 153 Å². The standard InChI is InChI=1S/C18H21ClN2O3S/c1-13-10-14(2)18(16(19)11-13)21-17(22)12-20-25(23,24)9-8-15-6-4-3-5-7-15/h3-7,10-11,20H,8-9,12H2,1-2H3,(H,21,22). The summed E-state index contributed by atoms with van der Waals surface area (Å²) >= 11 is 6.13. The molecule has 2 N–H and O–H groups in total. The van der Waals surface area contributed by atoms with Crippen LogP contribution in [0.2, 0.25) is 5.02 Å². The Morgan fingerprint density at radius 1 is 1.12 bits per heavy atom. The predicted molar refractivity (Wildman–Crippen MR) is 101 cm³/mol. The van der Waals surface area contributed by atoms with E-state index in [0.717, 1.165) is 16.7 Å². The van der Waals surface area contributed by atoms with E-state index in [1.807, 2.05) is 50.2 Å². The number of halogens is 1. The van der Waals surface area contributed by atoms with Crippen LogP contribution in [-0.2, 0) is 21.2 Å². The zero-order valence-electron chi connectivity index (χ0n) is 14.2. The Hall–Kier alpha value is -1.89. The lowest BCUT2D eigenvalue weighted by atomic mass is 10.1. The Kier molecular flexibility index (Phi) is 6.58. The van der Waals surface area contributed by atoms with E-state index >= 15 is 0 Å². The monoisotopic (exact) mass is 380 g/mol. The van der Waals surface area contributed by atoms with Crippen LogP contribution in [0.4, 0.5) is 5.69 Å². The molecule has 1 amide bonds. The molecule has 134 valence electrons. The molecule has 0 aliphatic rings. The van der Waals surface area contributed by atoms with Crippen LogP contribution in [0.25, 0.3) is 0 Å². The van der Waals surface area contributed by atoms with Crippen molar-refractivity contribution in [2.24, 2.45) is 0 Å². The second-order valence-corrected chi connectivity index (χ2v) is 8.20. The van der Waals surface area contributed by atoms with E-state index in [1.165, 1.54) is 0 Å². The zero-order chi connectivity index (χ0) is 18.4. The molecular weight excluding hydrogens is 360 g/mol. The summed E-state index contributed by atoms with van der Waals surface area (Å²) in [6, 6.07) is 13.0. The maximum atomic E-state index is 12.0. The summed E-state index contributed by atoms with van der Waals surface area (Å²) in [5.41, 5.74) is 3.24. The van der Waals surface area contributed by atoms with Crippen LogP contribution in [-0.4, -0.2) is 26.6 Å². The van der Waals surface area contributed by atoms with Crippen molar-refractivity contribution in [3.8, 4) is 0 Å². The average Bonchev–Trinajstić information content (AvgIpc) is 2.56. The van der Waals surface area contributed by atoms with Gasteiger partial charge in [0.05, 0.1) is 23.0 Å². The molecule has 0 saturated heterocycles. The molecule has 0 spiro atoms. The van der Waals surface area contributed by atoms with Crippen molar-refractivity contribution in [2.75, 3.05) is 17.6 Å². The Bertz CT molecular complexity index is 829. The van der Waals surface area contributed by atoms with Gasteiger partial charge in [-0.25, -0.2) is 13.1 Å². The van der Waals surface area contributed by atoms with Gasteiger partial charge in [-0.3, -0.25) is 4.79 Å². The van der Waals surface area contributed by atoms with Crippen LogP contribution in [0.5, 0.6) is 0 Å². The first-order chi connectivity index (χ1) is 11.8. The predicted octanol–water partition coefficient (Wildman–Crippen LogP) is 3.06. The second kappa shape index (κ2) is 8.47. The molecule has 5 nitrogen and oxygen atoms in total. The van der Waals surface area contributed by atoms with E-state index in [0.29, 0.717) is 17.1 Å². The summed E-state index contributed by atoms with van der Waals surface area (Å²) in [4.78, 5) is 12.0. The normalized spacial score (nSPS) is 11.3. The van der Waals surface area contributed by atoms with E-state index in [4.69, 9.17) is 11.6 Å². The van der Waals surface area contributed by atoms with Crippen LogP contribution < -0.4 is 10.0 Å². The van der Waals surface area contributed by atoms with Crippen LogP contribution in [0, 0.1) is 13.8 Å². The first-order valence-electron chi connectivity index (χ1n) is 7.85. The number of anilines is 1. The third-order valence-electron chi connectivity index (χ3n) is 3.65. The van der Waals surface area contributed by atoms with Gasteiger partial charge in [0.15, 0.2) is 0 Å². The lowest BCUT2D eigenvalue weighted by molar-refractivity contribution is -0.115. The highest BCUT2D eigenvalue weighted by Crippen LogP contribution is 2.27. The van der Waals surface area contributed by atoms with Gasteiger partial charge in [0.1, 0.15) is 0 Å². The quantitative estimate of drug-likeness (QED) is 0.775. The van der Waals surface area contributed by atoms with Crippen molar-refractivity contribution in [3.05, 3.63) is 64.2 Å². The van der Waals surface area contributed by atoms with Crippen molar-refractivity contribution in [1.82, 2.24) is 4.72 Å². The second-order valence-electron chi connectivity index (χ2n) is 5.86. The minimum absolute atomic E-state index is 0.0748. The summed E-state index contributed by atoms with van der Waals surface area (Å²) in [5, 5.41) is 3.08. The molecule has 0 aromatic heterocycles. The highest BCUT2D eigenvalue weighted by Gasteiger charge is 2.14. The van der Waals surface area contributed by atoms with Crippen molar-refractivity contribution in [2.45, 2.75) is 20.3 Å². The minimum atomic E-state index is -3.54. The summed E-state index contributed by atoms with van der Waals surface area (Å²) in [6.07, 6.45) is 0.390. The maximum absolute atomic E-state index is 12.0. The minimum Gasteiger partial charge on any atom is -0.323 e. The van der Waals surface area contributed by atoms with Crippen LogP contribution in [0.15, 0.2) is 42.5 Å². The van der Waals surface area contributed by atoms with Crippen LogP contribution >= 0.6 is 11.6 Å². The summed E-state index contributed by atoms with van der Waals surface area (Å²) < 4.78 is 26.4. The summed E-state index contributed by atoms with van der Waals surface area (Å²) in [6.45, 7) is 3.41. The number of carbonyl (C=O) groups is 1. The zero-order valence-corrected chi connectivity index (χ0v) is 15.7. The number of sulfonamides is 1. The maximum Gasteiger partial charge on any atom is 0.239 e. The molecule has 2 aromatic rings. The van der Waals surface area contributed by atoms with E-state index in [1.54, 1.807) is 6.07 Å². The number of benzene rings is 2. The fourth-order valence-electron chi connectivity index (χ4n) is 2.40. The van der Waals surface area contributed by atoms with Gasteiger partial charge in [-0.2, -0.15) is 0 Å². The Morgan fingerprint density at radius 3 is 2.44 bits per heavy atom. The van der Waals surface area contributed by atoms with E-state index in [-0.39, 0.29) is 12.3 Å². The van der Waals surface area contributed by atoms with E-state index in [2.05, 4.69) is 10.0 Å². The average molecular weight is 381 g/mol. The number of nitrogens with one attached hydrogen (secondary N) is 2. The number of rotatable bonds is 7.